The Morgan fingerprint density at radius 3 is 2.67 bits per heavy atom. The largest absolute Gasteiger partial charge is 0.399 e. The fourth-order valence-electron chi connectivity index (χ4n) is 4.03. The van der Waals surface area contributed by atoms with Crippen LogP contribution in [0.3, 0.4) is 0 Å². The van der Waals surface area contributed by atoms with E-state index in [1.807, 2.05) is 24.3 Å². The molecule has 2 aromatic carbocycles. The second-order valence-electron chi connectivity index (χ2n) is 7.81. The van der Waals surface area contributed by atoms with Crippen molar-refractivity contribution in [1.82, 2.24) is 24.8 Å². The van der Waals surface area contributed by atoms with E-state index in [1.165, 1.54) is 5.56 Å². The van der Waals surface area contributed by atoms with Crippen LogP contribution in [0.15, 0.2) is 60.9 Å². The quantitative estimate of drug-likeness (QED) is 0.443. The van der Waals surface area contributed by atoms with Crippen molar-refractivity contribution in [2.24, 2.45) is 0 Å². The summed E-state index contributed by atoms with van der Waals surface area (Å²) < 4.78 is 0. The fourth-order valence-corrected chi connectivity index (χ4v) is 4.03. The molecule has 1 aliphatic heterocycles. The number of rotatable bonds is 5. The van der Waals surface area contributed by atoms with Gasteiger partial charge in [-0.25, -0.2) is 15.0 Å². The van der Waals surface area contributed by atoms with E-state index >= 15 is 0 Å². The lowest BCUT2D eigenvalue weighted by molar-refractivity contribution is 0.211. The van der Waals surface area contributed by atoms with Crippen molar-refractivity contribution < 1.29 is 0 Å². The Hall–Kier alpha value is -3.45. The summed E-state index contributed by atoms with van der Waals surface area (Å²) in [7, 11) is 0. The highest BCUT2D eigenvalue weighted by atomic mass is 15.2. The lowest BCUT2D eigenvalue weighted by atomic mass is 10.0. The molecule has 0 radical (unpaired) electrons. The van der Waals surface area contributed by atoms with Crippen molar-refractivity contribution in [3.63, 3.8) is 0 Å². The highest BCUT2D eigenvalue weighted by molar-refractivity contribution is 5.85. The van der Waals surface area contributed by atoms with Gasteiger partial charge in [-0.2, -0.15) is 0 Å². The number of aromatic nitrogens is 4. The minimum absolute atomic E-state index is 0.384. The van der Waals surface area contributed by atoms with Crippen LogP contribution < -0.4 is 11.1 Å². The molecule has 0 aliphatic carbocycles. The lowest BCUT2D eigenvalue weighted by Crippen LogP contribution is -2.38. The zero-order chi connectivity index (χ0) is 20.3. The molecule has 7 nitrogen and oxygen atoms in total. The van der Waals surface area contributed by atoms with Crippen LogP contribution in [-0.4, -0.2) is 44.0 Å². The van der Waals surface area contributed by atoms with Gasteiger partial charge in [0, 0.05) is 36.9 Å². The van der Waals surface area contributed by atoms with Crippen LogP contribution in [-0.2, 0) is 6.54 Å². The number of nitrogen functional groups attached to an aromatic ring is 1. The normalized spacial score (nSPS) is 15.5. The molecular weight excluding hydrogens is 374 g/mol. The number of anilines is 2. The monoisotopic (exact) mass is 399 g/mol. The maximum absolute atomic E-state index is 5.92. The standard InChI is InChI=1S/C23H25N7/c24-18-8-4-7-17(13-18)21-28-20-22(25-15-26-23(20)29-21)27-19-9-11-30(12-10-19)14-16-5-2-1-3-6-16/h1-8,13,15,19H,9-12,14,24H2,(H2,25,26,27,28,29). The molecule has 0 spiro atoms. The second-order valence-corrected chi connectivity index (χ2v) is 7.81. The van der Waals surface area contributed by atoms with Crippen LogP contribution in [0.2, 0.25) is 0 Å². The molecule has 1 aliphatic rings. The summed E-state index contributed by atoms with van der Waals surface area (Å²) in [6, 6.07) is 18.7. The van der Waals surface area contributed by atoms with Crippen LogP contribution in [0.5, 0.6) is 0 Å². The van der Waals surface area contributed by atoms with Crippen LogP contribution in [0.1, 0.15) is 18.4 Å². The number of H-pyrrole nitrogens is 1. The molecule has 0 atom stereocenters. The van der Waals surface area contributed by atoms with Crippen LogP contribution in [0.4, 0.5) is 11.5 Å². The van der Waals surface area contributed by atoms with Gasteiger partial charge >= 0.3 is 0 Å². The van der Waals surface area contributed by atoms with Crippen molar-refractivity contribution in [3.8, 4) is 11.4 Å². The Balaban J connectivity index is 1.28. The van der Waals surface area contributed by atoms with E-state index in [1.54, 1.807) is 6.33 Å². The molecule has 0 amide bonds. The topological polar surface area (TPSA) is 95.8 Å². The van der Waals surface area contributed by atoms with E-state index in [0.29, 0.717) is 17.4 Å². The zero-order valence-corrected chi connectivity index (χ0v) is 16.8. The van der Waals surface area contributed by atoms with E-state index in [4.69, 9.17) is 5.73 Å². The van der Waals surface area contributed by atoms with Crippen molar-refractivity contribution in [1.29, 1.82) is 0 Å². The summed E-state index contributed by atoms with van der Waals surface area (Å²) in [5.41, 5.74) is 10.4. The molecule has 1 fully saturated rings. The maximum atomic E-state index is 5.92. The highest BCUT2D eigenvalue weighted by Crippen LogP contribution is 2.25. The molecular formula is C23H25N7. The molecule has 4 aromatic rings. The first kappa shape index (κ1) is 18.6. The number of piperidine rings is 1. The number of imidazole rings is 1. The molecule has 7 heteroatoms. The average molecular weight is 400 g/mol. The maximum Gasteiger partial charge on any atom is 0.183 e. The van der Waals surface area contributed by atoms with Crippen molar-refractivity contribution in [3.05, 3.63) is 66.5 Å². The van der Waals surface area contributed by atoms with Crippen molar-refractivity contribution in [2.45, 2.75) is 25.4 Å². The van der Waals surface area contributed by atoms with Gasteiger partial charge < -0.3 is 16.0 Å². The summed E-state index contributed by atoms with van der Waals surface area (Å²) in [6.07, 6.45) is 3.72. The van der Waals surface area contributed by atoms with Gasteiger partial charge in [0.1, 0.15) is 17.7 Å². The number of fused-ring (bicyclic) bond motifs is 1. The SMILES string of the molecule is Nc1cccc(-c2nc3ncnc(NC4CCN(Cc5ccccc5)CC4)c3[nH]2)c1. The van der Waals surface area contributed by atoms with Gasteiger partial charge in [0.25, 0.3) is 0 Å². The third-order valence-electron chi connectivity index (χ3n) is 5.63. The number of nitrogens with zero attached hydrogens (tertiary/aromatic N) is 4. The minimum atomic E-state index is 0.384. The van der Waals surface area contributed by atoms with E-state index in [-0.39, 0.29) is 0 Å². The molecule has 5 rings (SSSR count). The predicted octanol–water partition coefficient (Wildman–Crippen LogP) is 3.68. The zero-order valence-electron chi connectivity index (χ0n) is 16.8. The minimum Gasteiger partial charge on any atom is -0.399 e. The number of hydrogen-bond donors (Lipinski definition) is 3. The Morgan fingerprint density at radius 1 is 1.03 bits per heavy atom. The molecule has 1 saturated heterocycles. The summed E-state index contributed by atoms with van der Waals surface area (Å²) >= 11 is 0. The molecule has 2 aromatic heterocycles. The van der Waals surface area contributed by atoms with Gasteiger partial charge in [-0.1, -0.05) is 42.5 Å². The Morgan fingerprint density at radius 2 is 1.87 bits per heavy atom. The number of likely N-dealkylation sites (tertiary alicyclic amines) is 1. The van der Waals surface area contributed by atoms with Crippen LogP contribution in [0.25, 0.3) is 22.6 Å². The van der Waals surface area contributed by atoms with E-state index in [2.05, 4.69) is 60.5 Å². The molecule has 0 unspecified atom stereocenters. The molecule has 0 saturated carbocycles. The van der Waals surface area contributed by atoms with Gasteiger partial charge in [-0.05, 0) is 30.5 Å². The number of nitrogens with one attached hydrogen (secondary N) is 2. The Kier molecular flexibility index (Phi) is 5.03. The molecule has 4 N–H and O–H groups in total. The second kappa shape index (κ2) is 8.12. The predicted molar refractivity (Wildman–Crippen MR) is 120 cm³/mol. The van der Waals surface area contributed by atoms with E-state index < -0.39 is 0 Å². The van der Waals surface area contributed by atoms with E-state index in [9.17, 15) is 0 Å². The van der Waals surface area contributed by atoms with Crippen LogP contribution in [0, 0.1) is 0 Å². The summed E-state index contributed by atoms with van der Waals surface area (Å²) in [4.78, 5) is 19.3. The molecule has 152 valence electrons. The van der Waals surface area contributed by atoms with Gasteiger partial charge in [0.2, 0.25) is 0 Å². The van der Waals surface area contributed by atoms with Crippen LogP contribution >= 0.6 is 0 Å². The molecule has 0 bridgehead atoms. The Labute approximate surface area is 175 Å². The first-order valence-electron chi connectivity index (χ1n) is 10.3. The number of nitrogens with two attached hydrogens (primary N) is 1. The van der Waals surface area contributed by atoms with Crippen molar-refractivity contribution in [2.75, 3.05) is 24.1 Å². The average Bonchev–Trinajstić information content (AvgIpc) is 3.21. The number of aromatic amines is 1. The fraction of sp³-hybridized carbons (Fsp3) is 0.261. The first-order chi connectivity index (χ1) is 14.7. The smallest absolute Gasteiger partial charge is 0.183 e. The lowest BCUT2D eigenvalue weighted by Gasteiger charge is -2.32. The Bertz CT molecular complexity index is 1130. The van der Waals surface area contributed by atoms with Crippen molar-refractivity contribution >= 4 is 22.7 Å². The summed E-state index contributed by atoms with van der Waals surface area (Å²) in [5.74, 6) is 1.56. The number of hydrogen-bond acceptors (Lipinski definition) is 6. The molecule has 30 heavy (non-hydrogen) atoms. The highest BCUT2D eigenvalue weighted by Gasteiger charge is 2.21. The summed E-state index contributed by atoms with van der Waals surface area (Å²) in [5, 5.41) is 3.61. The third kappa shape index (κ3) is 3.97. The van der Waals surface area contributed by atoms with Gasteiger partial charge in [-0.15, -0.1) is 0 Å². The van der Waals surface area contributed by atoms with Gasteiger partial charge in [0.15, 0.2) is 11.5 Å². The first-order valence-corrected chi connectivity index (χ1v) is 10.3. The van der Waals surface area contributed by atoms with Gasteiger partial charge in [-0.3, -0.25) is 4.90 Å². The van der Waals surface area contributed by atoms with E-state index in [0.717, 1.165) is 55.2 Å². The van der Waals surface area contributed by atoms with Gasteiger partial charge in [0.05, 0.1) is 0 Å². The third-order valence-corrected chi connectivity index (χ3v) is 5.63. The number of benzene rings is 2. The molecule has 3 heterocycles. The summed E-state index contributed by atoms with van der Waals surface area (Å²) in [6.45, 7) is 3.14.